The Balaban J connectivity index is 1.46. The molecule has 4 fully saturated rings. The van der Waals surface area contributed by atoms with Crippen molar-refractivity contribution >= 4 is 27.8 Å². The summed E-state index contributed by atoms with van der Waals surface area (Å²) >= 11 is 3.57. The van der Waals surface area contributed by atoms with Crippen LogP contribution in [-0.4, -0.2) is 5.78 Å². The summed E-state index contributed by atoms with van der Waals surface area (Å²) < 4.78 is 1.08. The molecule has 0 heterocycles. The quantitative estimate of drug-likeness (QED) is 0.414. The average molecular weight is 441 g/mol. The smallest absolute Gasteiger partial charge is 0.165 e. The number of ketones is 1. The van der Waals surface area contributed by atoms with E-state index < -0.39 is 0 Å². The van der Waals surface area contributed by atoms with Gasteiger partial charge in [0, 0.05) is 9.89 Å². The fourth-order valence-corrected chi connectivity index (χ4v) is 8.31. The fourth-order valence-electron chi connectivity index (χ4n) is 7.89. The maximum atomic E-state index is 13.5. The highest BCUT2D eigenvalue weighted by atomic mass is 79.9. The van der Waals surface area contributed by atoms with Crippen LogP contribution in [-0.2, 0) is 4.79 Å². The lowest BCUT2D eigenvalue weighted by Crippen LogP contribution is -2.52. The Bertz CT molecular complexity index is 825. The molecule has 4 aliphatic rings. The highest BCUT2D eigenvalue weighted by Crippen LogP contribution is 2.66. The molecule has 0 bridgehead atoms. The van der Waals surface area contributed by atoms with Gasteiger partial charge in [-0.25, -0.2) is 0 Å². The number of benzene rings is 1. The minimum absolute atomic E-state index is 0.114. The van der Waals surface area contributed by atoms with Gasteiger partial charge in [0.15, 0.2) is 5.78 Å². The lowest BCUT2D eigenvalue weighted by Gasteiger charge is -2.59. The number of fused-ring (bicyclic) bond motifs is 5. The highest BCUT2D eigenvalue weighted by Gasteiger charge is 2.60. The first-order valence-corrected chi connectivity index (χ1v) is 12.2. The van der Waals surface area contributed by atoms with Gasteiger partial charge in [-0.3, -0.25) is 4.79 Å². The molecule has 28 heavy (non-hydrogen) atoms. The molecule has 4 aliphatic carbocycles. The lowest BCUT2D eigenvalue weighted by molar-refractivity contribution is -0.137. The normalized spacial score (nSPS) is 44.1. The molecular formula is C26H33BrO. The van der Waals surface area contributed by atoms with E-state index in [1.165, 1.54) is 44.9 Å². The predicted molar refractivity (Wildman–Crippen MR) is 119 cm³/mol. The first-order valence-electron chi connectivity index (χ1n) is 11.4. The molecule has 4 saturated carbocycles. The van der Waals surface area contributed by atoms with Gasteiger partial charge in [0.25, 0.3) is 0 Å². The molecule has 0 amide bonds. The number of allylic oxidation sites excluding steroid dienone is 1. The van der Waals surface area contributed by atoms with Crippen LogP contribution in [0.1, 0.15) is 77.2 Å². The standard InChI is InChI=1S/C26H33BrO/c1-25-12-4-3-7-19(25)9-10-21-22(25)11-13-26(2)23(21)16-18(24(26)28)14-17-6-5-8-20(27)15-17/h5-6,8,14-15,19,21-23H,3-4,7,9-13,16H2,1-2H3/b18-14+/t19-,21+,22-,23-,25-,26-/m0/s1. The fraction of sp³-hybridized carbons (Fsp3) is 0.654. The molecule has 2 heteroatoms. The molecule has 5 rings (SSSR count). The number of halogens is 1. The van der Waals surface area contributed by atoms with Crippen molar-refractivity contribution in [3.05, 3.63) is 39.9 Å². The van der Waals surface area contributed by atoms with E-state index in [0.29, 0.717) is 17.1 Å². The second-order valence-electron chi connectivity index (χ2n) is 10.6. The van der Waals surface area contributed by atoms with E-state index in [-0.39, 0.29) is 5.41 Å². The van der Waals surface area contributed by atoms with E-state index in [1.54, 1.807) is 0 Å². The van der Waals surface area contributed by atoms with Crippen LogP contribution in [0.2, 0.25) is 0 Å². The number of Topliss-reactive ketones (excluding diaryl/α,β-unsaturated/α-hetero) is 1. The van der Waals surface area contributed by atoms with Crippen molar-refractivity contribution < 1.29 is 4.79 Å². The highest BCUT2D eigenvalue weighted by molar-refractivity contribution is 9.10. The second-order valence-corrected chi connectivity index (χ2v) is 11.5. The summed E-state index contributed by atoms with van der Waals surface area (Å²) in [5.41, 5.74) is 2.67. The van der Waals surface area contributed by atoms with Crippen molar-refractivity contribution in [1.82, 2.24) is 0 Å². The molecule has 1 aromatic rings. The Morgan fingerprint density at radius 2 is 1.89 bits per heavy atom. The van der Waals surface area contributed by atoms with Gasteiger partial charge in [0.1, 0.15) is 0 Å². The van der Waals surface area contributed by atoms with Gasteiger partial charge in [-0.05, 0) is 103 Å². The summed E-state index contributed by atoms with van der Waals surface area (Å²) in [7, 11) is 0. The molecule has 0 N–H and O–H groups in total. The van der Waals surface area contributed by atoms with Crippen molar-refractivity contribution in [3.8, 4) is 0 Å². The van der Waals surface area contributed by atoms with Gasteiger partial charge in [-0.15, -0.1) is 0 Å². The number of hydrogen-bond donors (Lipinski definition) is 0. The lowest BCUT2D eigenvalue weighted by atomic mass is 9.45. The first-order chi connectivity index (χ1) is 13.4. The monoisotopic (exact) mass is 440 g/mol. The number of carbonyl (C=O) groups excluding carboxylic acids is 1. The van der Waals surface area contributed by atoms with Gasteiger partial charge in [0.05, 0.1) is 0 Å². The largest absolute Gasteiger partial charge is 0.294 e. The van der Waals surface area contributed by atoms with Crippen LogP contribution >= 0.6 is 15.9 Å². The summed E-state index contributed by atoms with van der Waals surface area (Å²) in [4.78, 5) is 13.5. The molecule has 0 radical (unpaired) electrons. The molecule has 0 spiro atoms. The SMILES string of the molecule is C[C@]12CCCC[C@H]1CC[C@@H]1[C@@H]2CC[C@]2(C)C(=O)/C(=C/c3cccc(Br)c3)C[C@@H]12. The minimum atomic E-state index is -0.114. The zero-order valence-corrected chi connectivity index (χ0v) is 18.9. The molecule has 0 aromatic heterocycles. The molecule has 0 saturated heterocycles. The van der Waals surface area contributed by atoms with E-state index in [9.17, 15) is 4.79 Å². The maximum Gasteiger partial charge on any atom is 0.165 e. The molecule has 0 unspecified atom stereocenters. The van der Waals surface area contributed by atoms with Crippen LogP contribution in [0, 0.1) is 34.5 Å². The zero-order valence-electron chi connectivity index (χ0n) is 17.3. The molecule has 1 nitrogen and oxygen atoms in total. The number of rotatable bonds is 1. The first kappa shape index (κ1) is 19.1. The van der Waals surface area contributed by atoms with Gasteiger partial charge >= 0.3 is 0 Å². The van der Waals surface area contributed by atoms with Crippen molar-refractivity contribution in [1.29, 1.82) is 0 Å². The van der Waals surface area contributed by atoms with Crippen LogP contribution in [0.25, 0.3) is 6.08 Å². The average Bonchev–Trinajstić information content (AvgIpc) is 2.92. The van der Waals surface area contributed by atoms with E-state index in [2.05, 4.69) is 54.1 Å². The van der Waals surface area contributed by atoms with Crippen LogP contribution in [0.4, 0.5) is 0 Å². The van der Waals surface area contributed by atoms with Crippen LogP contribution in [0.5, 0.6) is 0 Å². The Morgan fingerprint density at radius 1 is 1.04 bits per heavy atom. The van der Waals surface area contributed by atoms with Crippen LogP contribution < -0.4 is 0 Å². The summed E-state index contributed by atoms with van der Waals surface area (Å²) in [6.07, 6.45) is 14.1. The van der Waals surface area contributed by atoms with Crippen molar-refractivity contribution in [2.75, 3.05) is 0 Å². The van der Waals surface area contributed by atoms with E-state index in [1.807, 2.05) is 6.07 Å². The summed E-state index contributed by atoms with van der Waals surface area (Å²) in [5, 5.41) is 0. The third kappa shape index (κ3) is 2.81. The third-order valence-electron chi connectivity index (χ3n) is 9.41. The van der Waals surface area contributed by atoms with Crippen LogP contribution in [0.3, 0.4) is 0 Å². The van der Waals surface area contributed by atoms with Crippen molar-refractivity contribution in [2.24, 2.45) is 34.5 Å². The number of carbonyl (C=O) groups is 1. The zero-order chi connectivity index (χ0) is 19.5. The number of hydrogen-bond acceptors (Lipinski definition) is 1. The molecule has 150 valence electrons. The predicted octanol–water partition coefficient (Wildman–Crippen LogP) is 7.44. The van der Waals surface area contributed by atoms with E-state index >= 15 is 0 Å². The Hall–Kier alpha value is -0.890. The molecule has 0 aliphatic heterocycles. The topological polar surface area (TPSA) is 17.1 Å². The van der Waals surface area contributed by atoms with Gasteiger partial charge in [0.2, 0.25) is 0 Å². The van der Waals surface area contributed by atoms with Gasteiger partial charge < -0.3 is 0 Å². The summed E-state index contributed by atoms with van der Waals surface area (Å²) in [6, 6.07) is 8.35. The third-order valence-corrected chi connectivity index (χ3v) is 9.91. The summed E-state index contributed by atoms with van der Waals surface area (Å²) in [5.74, 6) is 3.57. The van der Waals surface area contributed by atoms with Crippen molar-refractivity contribution in [3.63, 3.8) is 0 Å². The van der Waals surface area contributed by atoms with E-state index in [4.69, 9.17) is 0 Å². The van der Waals surface area contributed by atoms with Crippen molar-refractivity contribution in [2.45, 2.75) is 71.6 Å². The molecular weight excluding hydrogens is 408 g/mol. The van der Waals surface area contributed by atoms with E-state index in [0.717, 1.165) is 46.2 Å². The minimum Gasteiger partial charge on any atom is -0.294 e. The Morgan fingerprint density at radius 3 is 2.71 bits per heavy atom. The Labute approximate surface area is 178 Å². The van der Waals surface area contributed by atoms with Gasteiger partial charge in [-0.2, -0.15) is 0 Å². The molecule has 1 aromatic carbocycles. The van der Waals surface area contributed by atoms with Crippen LogP contribution in [0.15, 0.2) is 34.3 Å². The molecule has 6 atom stereocenters. The Kier molecular flexibility index (Phi) is 4.66. The maximum absolute atomic E-state index is 13.5. The van der Waals surface area contributed by atoms with Gasteiger partial charge in [-0.1, -0.05) is 54.8 Å². The second kappa shape index (κ2) is 6.83. The summed E-state index contributed by atoms with van der Waals surface area (Å²) in [6.45, 7) is 4.92.